The molecule has 1 N–H and O–H groups in total. The van der Waals surface area contributed by atoms with Crippen LogP contribution >= 0.6 is 11.6 Å². The number of carbonyl (C=O) groups excluding carboxylic acids is 1. The van der Waals surface area contributed by atoms with Crippen molar-refractivity contribution in [2.75, 3.05) is 20.3 Å². The number of phenols is 1. The van der Waals surface area contributed by atoms with E-state index in [2.05, 4.69) is 0 Å². The van der Waals surface area contributed by atoms with E-state index in [-0.39, 0.29) is 17.3 Å². The van der Waals surface area contributed by atoms with E-state index in [1.54, 1.807) is 18.2 Å². The summed E-state index contributed by atoms with van der Waals surface area (Å²) in [4.78, 5) is 12.3. The Morgan fingerprint density at radius 1 is 1.24 bits per heavy atom. The molecule has 0 spiro atoms. The van der Waals surface area contributed by atoms with Crippen LogP contribution in [0.1, 0.15) is 22.3 Å². The van der Waals surface area contributed by atoms with Crippen LogP contribution in [0.15, 0.2) is 36.4 Å². The van der Waals surface area contributed by atoms with Gasteiger partial charge in [0.2, 0.25) is 0 Å². The highest BCUT2D eigenvalue weighted by Crippen LogP contribution is 2.38. The number of fused-ring (bicyclic) bond motifs is 1. The molecule has 1 heterocycles. The van der Waals surface area contributed by atoms with Crippen LogP contribution in [0.3, 0.4) is 0 Å². The number of hydrogen-bond acceptors (Lipinski definition) is 5. The Bertz CT molecular complexity index is 829. The van der Waals surface area contributed by atoms with Gasteiger partial charge < -0.3 is 19.3 Å². The van der Waals surface area contributed by atoms with E-state index < -0.39 is 0 Å². The van der Waals surface area contributed by atoms with Crippen LogP contribution in [-0.4, -0.2) is 31.2 Å². The third kappa shape index (κ3) is 3.88. The first-order chi connectivity index (χ1) is 12.1. The van der Waals surface area contributed by atoms with Gasteiger partial charge in [0.1, 0.15) is 0 Å². The first-order valence-electron chi connectivity index (χ1n) is 7.77. The fraction of sp³-hybridized carbons (Fsp3) is 0.211. The summed E-state index contributed by atoms with van der Waals surface area (Å²) in [6.45, 7) is 1.12. The minimum atomic E-state index is -0.221. The first-order valence-corrected chi connectivity index (χ1v) is 8.15. The predicted octanol–water partition coefficient (Wildman–Crippen LogP) is 4.11. The number of ketones is 1. The summed E-state index contributed by atoms with van der Waals surface area (Å²) >= 11 is 6.24. The van der Waals surface area contributed by atoms with Gasteiger partial charge in [-0.1, -0.05) is 17.7 Å². The summed E-state index contributed by atoms with van der Waals surface area (Å²) in [7, 11) is 1.43. The van der Waals surface area contributed by atoms with Crippen molar-refractivity contribution in [2.24, 2.45) is 0 Å². The number of allylic oxidation sites excluding steroid dienone is 1. The second-order valence-corrected chi connectivity index (χ2v) is 5.87. The summed E-state index contributed by atoms with van der Waals surface area (Å²) in [6.07, 6.45) is 3.88. The van der Waals surface area contributed by atoms with Gasteiger partial charge in [-0.25, -0.2) is 0 Å². The second-order valence-electron chi connectivity index (χ2n) is 5.46. The lowest BCUT2D eigenvalue weighted by Crippen LogP contribution is -1.97. The van der Waals surface area contributed by atoms with Crippen molar-refractivity contribution >= 4 is 23.5 Å². The van der Waals surface area contributed by atoms with E-state index in [0.717, 1.165) is 12.0 Å². The molecule has 0 atom stereocenters. The zero-order valence-electron chi connectivity index (χ0n) is 13.6. The van der Waals surface area contributed by atoms with Crippen LogP contribution in [0.5, 0.6) is 23.0 Å². The summed E-state index contributed by atoms with van der Waals surface area (Å²) in [5.74, 6) is 1.12. The lowest BCUT2D eigenvalue weighted by Gasteiger charge is -2.10. The van der Waals surface area contributed by atoms with Crippen molar-refractivity contribution < 1.29 is 24.1 Å². The molecule has 0 aliphatic carbocycles. The third-order valence-corrected chi connectivity index (χ3v) is 4.00. The molecule has 25 heavy (non-hydrogen) atoms. The van der Waals surface area contributed by atoms with Gasteiger partial charge in [0, 0.05) is 12.0 Å². The smallest absolute Gasteiger partial charge is 0.185 e. The van der Waals surface area contributed by atoms with Gasteiger partial charge in [-0.15, -0.1) is 0 Å². The zero-order chi connectivity index (χ0) is 17.8. The fourth-order valence-electron chi connectivity index (χ4n) is 2.45. The molecule has 0 unspecified atom stereocenters. The molecule has 6 heteroatoms. The Morgan fingerprint density at radius 3 is 2.84 bits per heavy atom. The van der Waals surface area contributed by atoms with Crippen LogP contribution < -0.4 is 14.2 Å². The first kappa shape index (κ1) is 17.2. The van der Waals surface area contributed by atoms with Crippen LogP contribution in [0.4, 0.5) is 0 Å². The van der Waals surface area contributed by atoms with Crippen molar-refractivity contribution in [2.45, 2.75) is 6.42 Å². The number of ether oxygens (including phenoxy) is 3. The minimum absolute atomic E-state index is 0.0160. The molecule has 0 bridgehead atoms. The maximum absolute atomic E-state index is 12.3. The Kier molecular flexibility index (Phi) is 5.14. The van der Waals surface area contributed by atoms with Gasteiger partial charge in [-0.05, 0) is 42.0 Å². The molecular weight excluding hydrogens is 344 g/mol. The largest absolute Gasteiger partial charge is 0.504 e. The molecule has 1 aliphatic heterocycles. The van der Waals surface area contributed by atoms with Crippen LogP contribution in [0.2, 0.25) is 5.02 Å². The van der Waals surface area contributed by atoms with E-state index >= 15 is 0 Å². The number of benzene rings is 2. The van der Waals surface area contributed by atoms with Gasteiger partial charge in [0.25, 0.3) is 0 Å². The van der Waals surface area contributed by atoms with Gasteiger partial charge in [0.05, 0.1) is 25.3 Å². The SMILES string of the molecule is COc1cc(C(=O)/C=C/c2cc(Cl)c3c(c2)OCCCO3)ccc1O. The van der Waals surface area contributed by atoms with Crippen LogP contribution in [0.25, 0.3) is 6.08 Å². The molecule has 2 aromatic carbocycles. The van der Waals surface area contributed by atoms with Crippen molar-refractivity contribution in [3.63, 3.8) is 0 Å². The second kappa shape index (κ2) is 7.49. The van der Waals surface area contributed by atoms with E-state index in [0.29, 0.717) is 35.3 Å². The summed E-state index contributed by atoms with van der Waals surface area (Å²) in [5.41, 5.74) is 1.14. The number of rotatable bonds is 4. The number of phenolic OH excluding ortho intramolecular Hbond substituents is 1. The number of aromatic hydroxyl groups is 1. The van der Waals surface area contributed by atoms with Crippen molar-refractivity contribution in [1.29, 1.82) is 0 Å². The summed E-state index contributed by atoms with van der Waals surface area (Å²) in [6, 6.07) is 7.95. The topological polar surface area (TPSA) is 65.0 Å². The van der Waals surface area contributed by atoms with Crippen LogP contribution in [-0.2, 0) is 0 Å². The van der Waals surface area contributed by atoms with E-state index in [1.807, 2.05) is 0 Å². The highest BCUT2D eigenvalue weighted by molar-refractivity contribution is 6.32. The molecular formula is C19H17ClO5. The normalized spacial score (nSPS) is 13.5. The molecule has 0 saturated carbocycles. The monoisotopic (exact) mass is 360 g/mol. The van der Waals surface area contributed by atoms with E-state index in [1.165, 1.54) is 31.4 Å². The molecule has 0 fully saturated rings. The quantitative estimate of drug-likeness (QED) is 0.656. The number of halogens is 1. The average molecular weight is 361 g/mol. The zero-order valence-corrected chi connectivity index (χ0v) is 14.4. The highest BCUT2D eigenvalue weighted by atomic mass is 35.5. The van der Waals surface area contributed by atoms with Crippen molar-refractivity contribution in [3.05, 3.63) is 52.6 Å². The van der Waals surface area contributed by atoms with Crippen molar-refractivity contribution in [3.8, 4) is 23.0 Å². The molecule has 1 aliphatic rings. The molecule has 0 radical (unpaired) electrons. The number of methoxy groups -OCH3 is 1. The van der Waals surface area contributed by atoms with Gasteiger partial charge in [-0.3, -0.25) is 4.79 Å². The lowest BCUT2D eigenvalue weighted by molar-refractivity contribution is 0.104. The van der Waals surface area contributed by atoms with Crippen molar-refractivity contribution in [1.82, 2.24) is 0 Å². The lowest BCUT2D eigenvalue weighted by atomic mass is 10.1. The Hall–Kier alpha value is -2.66. The fourth-order valence-corrected chi connectivity index (χ4v) is 2.72. The van der Waals surface area contributed by atoms with Gasteiger partial charge in [0.15, 0.2) is 28.8 Å². The highest BCUT2D eigenvalue weighted by Gasteiger charge is 2.15. The Balaban J connectivity index is 1.83. The summed E-state index contributed by atoms with van der Waals surface area (Å²) < 4.78 is 16.2. The average Bonchev–Trinajstić information content (AvgIpc) is 2.86. The molecule has 3 rings (SSSR count). The molecule has 130 valence electrons. The Labute approximate surface area is 150 Å². The standard InChI is InChI=1S/C19H17ClO5/c1-23-17-11-13(4-6-16(17)22)15(21)5-3-12-9-14(20)19-18(10-12)24-7-2-8-25-19/h3-6,9-11,22H,2,7-8H2,1H3/b5-3+. The maximum atomic E-state index is 12.3. The molecule has 0 amide bonds. The van der Waals surface area contributed by atoms with Crippen LogP contribution in [0, 0.1) is 0 Å². The molecule has 0 aromatic heterocycles. The van der Waals surface area contributed by atoms with Gasteiger partial charge in [-0.2, -0.15) is 0 Å². The van der Waals surface area contributed by atoms with Gasteiger partial charge >= 0.3 is 0 Å². The Morgan fingerprint density at radius 2 is 2.04 bits per heavy atom. The number of hydrogen-bond donors (Lipinski definition) is 1. The van der Waals surface area contributed by atoms with E-state index in [9.17, 15) is 9.90 Å². The molecule has 2 aromatic rings. The molecule has 5 nitrogen and oxygen atoms in total. The summed E-state index contributed by atoms with van der Waals surface area (Å²) in [5, 5.41) is 10.0. The molecule has 0 saturated heterocycles. The minimum Gasteiger partial charge on any atom is -0.504 e. The third-order valence-electron chi connectivity index (χ3n) is 3.72. The maximum Gasteiger partial charge on any atom is 0.185 e. The number of carbonyl (C=O) groups is 1. The predicted molar refractivity (Wildman–Crippen MR) is 95.1 cm³/mol. The van der Waals surface area contributed by atoms with E-state index in [4.69, 9.17) is 25.8 Å².